The normalized spacial score (nSPS) is 11.8. The van der Waals surface area contributed by atoms with Gasteiger partial charge in [-0.1, -0.05) is 127 Å². The van der Waals surface area contributed by atoms with Gasteiger partial charge in [0.15, 0.2) is 5.58 Å². The third-order valence-corrected chi connectivity index (χ3v) is 10.4. The van der Waals surface area contributed by atoms with Gasteiger partial charge in [0.1, 0.15) is 16.7 Å². The van der Waals surface area contributed by atoms with Crippen LogP contribution in [0.2, 0.25) is 0 Å². The number of benzene rings is 9. The predicted octanol–water partition coefficient (Wildman–Crippen LogP) is 14.0. The summed E-state index contributed by atoms with van der Waals surface area (Å²) in [6.07, 6.45) is 0. The Balaban J connectivity index is 1.22. The first-order valence-corrected chi connectivity index (χ1v) is 17.9. The van der Waals surface area contributed by atoms with Crippen molar-refractivity contribution in [3.8, 4) is 22.6 Å². The van der Waals surface area contributed by atoms with Crippen LogP contribution in [0.15, 0.2) is 191 Å². The van der Waals surface area contributed by atoms with E-state index in [1.165, 1.54) is 0 Å². The number of aromatic nitrogens is 1. The molecule has 11 rings (SSSR count). The molecule has 0 bridgehead atoms. The lowest BCUT2D eigenvalue weighted by atomic mass is 9.93. The van der Waals surface area contributed by atoms with Gasteiger partial charge in [0, 0.05) is 49.8 Å². The molecule has 2 heterocycles. The topological polar surface area (TPSA) is 42.4 Å². The van der Waals surface area contributed by atoms with Crippen molar-refractivity contribution in [3.63, 3.8) is 0 Å². The Morgan fingerprint density at radius 1 is 0.415 bits per heavy atom. The van der Waals surface area contributed by atoms with Gasteiger partial charge >= 0.3 is 0 Å². The van der Waals surface area contributed by atoms with Gasteiger partial charge in [-0.15, -0.1) is 0 Å². The lowest BCUT2D eigenvalue weighted by molar-refractivity contribution is 0.623. The second-order valence-electron chi connectivity index (χ2n) is 13.5. The second kappa shape index (κ2) is 11.7. The molecule has 0 fully saturated rings. The fraction of sp³-hybridized carbons (Fsp3) is 0. The van der Waals surface area contributed by atoms with E-state index in [4.69, 9.17) is 13.8 Å². The van der Waals surface area contributed by atoms with E-state index in [0.29, 0.717) is 5.89 Å². The summed E-state index contributed by atoms with van der Waals surface area (Å²) in [5, 5.41) is 8.92. The first-order chi connectivity index (χ1) is 26.3. The standard InChI is InChI=1S/C49H30N2O2/c1-3-13-31(14-4-1)36-17-9-11-21-42(36)51(35-26-27-39-38-19-10-12-22-44(38)52-45(39)30-35)43-29-34-24-23-32-25-28-41-48(53-49(50-41)33-15-5-2-6-16-33)47(32)46(34)40-20-8-7-18-37(40)43/h1-30H. The molecule has 248 valence electrons. The molecule has 0 aliphatic carbocycles. The monoisotopic (exact) mass is 678 g/mol. The average molecular weight is 679 g/mol. The molecule has 0 unspecified atom stereocenters. The van der Waals surface area contributed by atoms with Crippen molar-refractivity contribution in [2.75, 3.05) is 4.90 Å². The molecule has 0 radical (unpaired) electrons. The molecule has 11 aromatic rings. The minimum Gasteiger partial charge on any atom is -0.456 e. The van der Waals surface area contributed by atoms with Crippen molar-refractivity contribution in [1.29, 1.82) is 0 Å². The molecule has 0 saturated heterocycles. The molecule has 9 aromatic carbocycles. The number of fused-ring (bicyclic) bond motifs is 10. The number of hydrogen-bond acceptors (Lipinski definition) is 4. The van der Waals surface area contributed by atoms with E-state index in [1.807, 2.05) is 42.5 Å². The largest absolute Gasteiger partial charge is 0.456 e. The Bertz CT molecular complexity index is 3180. The zero-order chi connectivity index (χ0) is 34.9. The number of oxazole rings is 1. The molecule has 53 heavy (non-hydrogen) atoms. The Labute approximate surface area is 304 Å². The van der Waals surface area contributed by atoms with Crippen LogP contribution in [0.5, 0.6) is 0 Å². The highest BCUT2D eigenvalue weighted by Crippen LogP contribution is 2.48. The number of anilines is 3. The maximum absolute atomic E-state index is 6.64. The van der Waals surface area contributed by atoms with E-state index >= 15 is 0 Å². The third kappa shape index (κ3) is 4.66. The summed E-state index contributed by atoms with van der Waals surface area (Å²) in [5.41, 5.74) is 9.77. The molecule has 2 aromatic heterocycles. The van der Waals surface area contributed by atoms with Crippen molar-refractivity contribution in [2.24, 2.45) is 0 Å². The fourth-order valence-electron chi connectivity index (χ4n) is 8.05. The van der Waals surface area contributed by atoms with Gasteiger partial charge in [0.2, 0.25) is 5.89 Å². The highest BCUT2D eigenvalue weighted by molar-refractivity contribution is 6.28. The van der Waals surface area contributed by atoms with Crippen LogP contribution in [0, 0.1) is 0 Å². The van der Waals surface area contributed by atoms with Gasteiger partial charge < -0.3 is 13.7 Å². The molecular weight excluding hydrogens is 649 g/mol. The van der Waals surface area contributed by atoms with Crippen LogP contribution in [0.3, 0.4) is 0 Å². The van der Waals surface area contributed by atoms with Gasteiger partial charge in [-0.05, 0) is 70.3 Å². The minimum atomic E-state index is 0.621. The van der Waals surface area contributed by atoms with E-state index < -0.39 is 0 Å². The van der Waals surface area contributed by atoms with Crippen LogP contribution in [0.25, 0.3) is 87.9 Å². The third-order valence-electron chi connectivity index (χ3n) is 10.4. The molecule has 0 aliphatic rings. The van der Waals surface area contributed by atoms with Gasteiger partial charge in [0.25, 0.3) is 0 Å². The Morgan fingerprint density at radius 3 is 1.92 bits per heavy atom. The van der Waals surface area contributed by atoms with E-state index in [9.17, 15) is 0 Å². The number of para-hydroxylation sites is 2. The van der Waals surface area contributed by atoms with Crippen molar-refractivity contribution >= 4 is 82.4 Å². The van der Waals surface area contributed by atoms with Gasteiger partial charge in [-0.25, -0.2) is 4.98 Å². The van der Waals surface area contributed by atoms with E-state index in [-0.39, 0.29) is 0 Å². The lowest BCUT2D eigenvalue weighted by Gasteiger charge is -2.29. The number of rotatable bonds is 5. The lowest BCUT2D eigenvalue weighted by Crippen LogP contribution is -2.12. The van der Waals surface area contributed by atoms with Crippen LogP contribution in [-0.4, -0.2) is 4.98 Å². The zero-order valence-corrected chi connectivity index (χ0v) is 28.5. The summed E-state index contributed by atoms with van der Waals surface area (Å²) < 4.78 is 13.1. The molecule has 0 atom stereocenters. The molecular formula is C49H30N2O2. The predicted molar refractivity (Wildman–Crippen MR) is 219 cm³/mol. The van der Waals surface area contributed by atoms with Crippen LogP contribution < -0.4 is 4.90 Å². The smallest absolute Gasteiger partial charge is 0.227 e. The molecule has 0 N–H and O–H groups in total. The minimum absolute atomic E-state index is 0.621. The van der Waals surface area contributed by atoms with Crippen LogP contribution >= 0.6 is 0 Å². The molecule has 0 spiro atoms. The number of nitrogens with zero attached hydrogens (tertiary/aromatic N) is 2. The van der Waals surface area contributed by atoms with E-state index in [2.05, 4.69) is 144 Å². The van der Waals surface area contributed by atoms with E-state index in [1.54, 1.807) is 0 Å². The molecule has 0 aliphatic heterocycles. The van der Waals surface area contributed by atoms with Crippen molar-refractivity contribution in [2.45, 2.75) is 0 Å². The summed E-state index contributed by atoms with van der Waals surface area (Å²) in [7, 11) is 0. The van der Waals surface area contributed by atoms with Crippen molar-refractivity contribution in [1.82, 2.24) is 4.98 Å². The average Bonchev–Trinajstić information content (AvgIpc) is 3.84. The molecule has 0 saturated carbocycles. The van der Waals surface area contributed by atoms with Crippen molar-refractivity contribution in [3.05, 3.63) is 182 Å². The SMILES string of the molecule is c1ccc(-c2nc3ccc4ccc5cc(N(c6ccc7c(c6)oc6ccccc67)c6ccccc6-c6ccccc6)c6ccccc6c5c4c3o2)cc1. The maximum Gasteiger partial charge on any atom is 0.227 e. The molecule has 4 heteroatoms. The first kappa shape index (κ1) is 29.5. The summed E-state index contributed by atoms with van der Waals surface area (Å²) >= 11 is 0. The summed E-state index contributed by atoms with van der Waals surface area (Å²) in [4.78, 5) is 7.33. The molecule has 0 amide bonds. The number of hydrogen-bond donors (Lipinski definition) is 0. The summed E-state index contributed by atoms with van der Waals surface area (Å²) in [6, 6.07) is 63.9. The van der Waals surface area contributed by atoms with Crippen molar-refractivity contribution < 1.29 is 8.83 Å². The highest BCUT2D eigenvalue weighted by Gasteiger charge is 2.23. The summed E-state index contributed by atoms with van der Waals surface area (Å²) in [6.45, 7) is 0. The van der Waals surface area contributed by atoms with Gasteiger partial charge in [-0.2, -0.15) is 0 Å². The summed E-state index contributed by atoms with van der Waals surface area (Å²) in [5.74, 6) is 0.621. The second-order valence-corrected chi connectivity index (χ2v) is 13.5. The Hall–Kier alpha value is -7.17. The maximum atomic E-state index is 6.64. The Kier molecular flexibility index (Phi) is 6.52. The highest BCUT2D eigenvalue weighted by atomic mass is 16.3. The van der Waals surface area contributed by atoms with Gasteiger partial charge in [-0.3, -0.25) is 0 Å². The van der Waals surface area contributed by atoms with Crippen LogP contribution in [0.1, 0.15) is 0 Å². The van der Waals surface area contributed by atoms with E-state index in [0.717, 1.165) is 99.1 Å². The fourth-order valence-corrected chi connectivity index (χ4v) is 8.05. The van der Waals surface area contributed by atoms with Crippen LogP contribution in [-0.2, 0) is 0 Å². The number of furan rings is 1. The first-order valence-electron chi connectivity index (χ1n) is 17.9. The quantitative estimate of drug-likeness (QED) is 0.170. The molecule has 4 nitrogen and oxygen atoms in total. The Morgan fingerprint density at radius 2 is 1.08 bits per heavy atom. The zero-order valence-electron chi connectivity index (χ0n) is 28.5. The van der Waals surface area contributed by atoms with Crippen LogP contribution in [0.4, 0.5) is 17.1 Å². The van der Waals surface area contributed by atoms with Gasteiger partial charge in [0.05, 0.1) is 11.4 Å².